The van der Waals surface area contributed by atoms with Gasteiger partial charge in [0.15, 0.2) is 0 Å². The Labute approximate surface area is 199 Å². The molecule has 0 aliphatic heterocycles. The third kappa shape index (κ3) is 6.27. The molecule has 180 valence electrons. The Morgan fingerprint density at radius 3 is 2.41 bits per heavy atom. The first-order valence-electron chi connectivity index (χ1n) is 12.1. The summed E-state index contributed by atoms with van der Waals surface area (Å²) in [5.41, 5.74) is 2.81. The van der Waals surface area contributed by atoms with Gasteiger partial charge in [0.05, 0.1) is 0 Å². The van der Waals surface area contributed by atoms with E-state index in [0.717, 1.165) is 43.1 Å². The van der Waals surface area contributed by atoms with Crippen molar-refractivity contribution < 1.29 is 13.2 Å². The lowest BCUT2D eigenvalue weighted by molar-refractivity contribution is -0.137. The second kappa shape index (κ2) is 10.9. The fraction of sp³-hybridized carbons (Fsp3) is 0.407. The number of alkyl halides is 3. The smallest absolute Gasteiger partial charge is 0.340 e. The minimum Gasteiger partial charge on any atom is -0.340 e. The summed E-state index contributed by atoms with van der Waals surface area (Å²) in [4.78, 5) is 8.11. The van der Waals surface area contributed by atoms with Crippen LogP contribution in [-0.2, 0) is 12.6 Å². The molecule has 1 fully saturated rings. The second-order valence-electron chi connectivity index (χ2n) is 8.96. The standard InChI is InChI=1S/C27H31F3N4/c1-2-3-4-8-19-9-7-12-23(17-19)32-25-24(27(28,29)30)18-31-26(34-25)33-22-15-13-21(14-16-22)20-10-5-6-11-20/h7,9,12-18,20H,2-6,8,10-11H2,1H3,(H2,31,32,33,34). The van der Waals surface area contributed by atoms with E-state index in [1.807, 2.05) is 30.3 Å². The molecule has 1 aromatic heterocycles. The lowest BCUT2D eigenvalue weighted by atomic mass is 9.98. The number of benzene rings is 2. The first-order chi connectivity index (χ1) is 16.4. The van der Waals surface area contributed by atoms with Gasteiger partial charge in [-0.25, -0.2) is 4.98 Å². The summed E-state index contributed by atoms with van der Waals surface area (Å²) in [6, 6.07) is 15.5. The Kier molecular flexibility index (Phi) is 7.70. The highest BCUT2D eigenvalue weighted by atomic mass is 19.4. The zero-order valence-corrected chi connectivity index (χ0v) is 19.5. The van der Waals surface area contributed by atoms with Crippen LogP contribution in [0.4, 0.5) is 36.3 Å². The molecule has 0 unspecified atom stereocenters. The normalized spacial score (nSPS) is 14.4. The van der Waals surface area contributed by atoms with Gasteiger partial charge in [0.2, 0.25) is 5.95 Å². The van der Waals surface area contributed by atoms with Crippen molar-refractivity contribution in [3.8, 4) is 0 Å². The lowest BCUT2D eigenvalue weighted by Crippen LogP contribution is -2.12. The van der Waals surface area contributed by atoms with Crippen LogP contribution >= 0.6 is 0 Å². The molecule has 34 heavy (non-hydrogen) atoms. The molecule has 2 N–H and O–H groups in total. The maximum atomic E-state index is 13.6. The molecule has 4 rings (SSSR count). The van der Waals surface area contributed by atoms with Gasteiger partial charge in [-0.1, -0.05) is 56.9 Å². The number of anilines is 4. The third-order valence-electron chi connectivity index (χ3n) is 6.35. The molecule has 0 atom stereocenters. The molecular formula is C27H31F3N4. The Hall–Kier alpha value is -3.09. The summed E-state index contributed by atoms with van der Waals surface area (Å²) in [6.45, 7) is 2.14. The highest BCUT2D eigenvalue weighted by Crippen LogP contribution is 2.36. The summed E-state index contributed by atoms with van der Waals surface area (Å²) in [6.07, 6.45) is 5.40. The number of nitrogens with one attached hydrogen (secondary N) is 2. The van der Waals surface area contributed by atoms with Crippen molar-refractivity contribution >= 4 is 23.1 Å². The minimum absolute atomic E-state index is 0.114. The maximum Gasteiger partial charge on any atom is 0.421 e. The number of unbranched alkanes of at least 4 members (excludes halogenated alkanes) is 2. The molecule has 1 aliphatic rings. The van der Waals surface area contributed by atoms with E-state index in [4.69, 9.17) is 0 Å². The Morgan fingerprint density at radius 2 is 1.71 bits per heavy atom. The van der Waals surface area contributed by atoms with Crippen LogP contribution in [0.3, 0.4) is 0 Å². The van der Waals surface area contributed by atoms with Crippen molar-refractivity contribution in [2.24, 2.45) is 0 Å². The number of rotatable bonds is 9. The van der Waals surface area contributed by atoms with Gasteiger partial charge < -0.3 is 10.6 Å². The van der Waals surface area contributed by atoms with Crippen LogP contribution in [0.25, 0.3) is 0 Å². The van der Waals surface area contributed by atoms with Gasteiger partial charge in [-0.2, -0.15) is 18.2 Å². The predicted molar refractivity (Wildman–Crippen MR) is 131 cm³/mol. The maximum absolute atomic E-state index is 13.6. The van der Waals surface area contributed by atoms with E-state index in [1.165, 1.54) is 31.2 Å². The molecule has 7 heteroatoms. The minimum atomic E-state index is -4.57. The molecule has 1 saturated carbocycles. The average molecular weight is 469 g/mol. The Bertz CT molecular complexity index is 1070. The van der Waals surface area contributed by atoms with E-state index >= 15 is 0 Å². The van der Waals surface area contributed by atoms with E-state index in [9.17, 15) is 13.2 Å². The van der Waals surface area contributed by atoms with E-state index in [1.54, 1.807) is 6.07 Å². The van der Waals surface area contributed by atoms with Crippen LogP contribution in [0.5, 0.6) is 0 Å². The van der Waals surface area contributed by atoms with Crippen molar-refractivity contribution in [2.75, 3.05) is 10.6 Å². The number of halogens is 3. The molecule has 0 spiro atoms. The van der Waals surface area contributed by atoms with E-state index in [2.05, 4.69) is 39.7 Å². The first kappa shape index (κ1) is 24.0. The van der Waals surface area contributed by atoms with E-state index < -0.39 is 11.7 Å². The molecule has 0 radical (unpaired) electrons. The number of aromatic nitrogens is 2. The zero-order valence-electron chi connectivity index (χ0n) is 19.5. The second-order valence-corrected chi connectivity index (χ2v) is 8.96. The predicted octanol–water partition coefficient (Wildman–Crippen LogP) is 8.37. The fourth-order valence-electron chi connectivity index (χ4n) is 4.49. The van der Waals surface area contributed by atoms with Crippen molar-refractivity contribution in [2.45, 2.75) is 70.4 Å². The molecule has 0 saturated heterocycles. The van der Waals surface area contributed by atoms with Crippen LogP contribution in [0.15, 0.2) is 54.7 Å². The van der Waals surface area contributed by atoms with Gasteiger partial charge in [0.25, 0.3) is 0 Å². The van der Waals surface area contributed by atoms with Crippen LogP contribution in [0.2, 0.25) is 0 Å². The molecule has 0 amide bonds. The van der Waals surface area contributed by atoms with Gasteiger partial charge in [-0.05, 0) is 67.0 Å². The largest absolute Gasteiger partial charge is 0.421 e. The van der Waals surface area contributed by atoms with Crippen molar-refractivity contribution in [3.63, 3.8) is 0 Å². The summed E-state index contributed by atoms with van der Waals surface area (Å²) >= 11 is 0. The van der Waals surface area contributed by atoms with Crippen LogP contribution in [0.1, 0.15) is 74.5 Å². The van der Waals surface area contributed by atoms with Crippen molar-refractivity contribution in [1.29, 1.82) is 0 Å². The molecular weight excluding hydrogens is 437 g/mol. The monoisotopic (exact) mass is 468 g/mol. The van der Waals surface area contributed by atoms with Crippen LogP contribution < -0.4 is 10.6 Å². The topological polar surface area (TPSA) is 49.8 Å². The lowest BCUT2D eigenvalue weighted by Gasteiger charge is -2.16. The molecule has 4 nitrogen and oxygen atoms in total. The molecule has 2 aromatic carbocycles. The summed E-state index contributed by atoms with van der Waals surface area (Å²) in [5, 5.41) is 5.91. The van der Waals surface area contributed by atoms with Gasteiger partial charge in [0.1, 0.15) is 11.4 Å². The van der Waals surface area contributed by atoms with Gasteiger partial charge in [-0.3, -0.25) is 0 Å². The van der Waals surface area contributed by atoms with Crippen LogP contribution in [0, 0.1) is 0 Å². The van der Waals surface area contributed by atoms with Gasteiger partial charge in [-0.15, -0.1) is 0 Å². The first-order valence-corrected chi connectivity index (χ1v) is 12.1. The molecule has 3 aromatic rings. The summed E-state index contributed by atoms with van der Waals surface area (Å²) in [5.74, 6) is 0.450. The Balaban J connectivity index is 1.53. The summed E-state index contributed by atoms with van der Waals surface area (Å²) < 4.78 is 40.9. The fourth-order valence-corrected chi connectivity index (χ4v) is 4.49. The molecule has 1 heterocycles. The van der Waals surface area contributed by atoms with Gasteiger partial charge in [0, 0.05) is 17.6 Å². The molecule has 0 bridgehead atoms. The number of aryl methyl sites for hydroxylation is 1. The SMILES string of the molecule is CCCCCc1cccc(Nc2nc(Nc3ccc(C4CCCC4)cc3)ncc2C(F)(F)F)c1. The Morgan fingerprint density at radius 1 is 0.941 bits per heavy atom. The highest BCUT2D eigenvalue weighted by Gasteiger charge is 2.35. The average Bonchev–Trinajstić information content (AvgIpc) is 3.35. The van der Waals surface area contributed by atoms with Crippen molar-refractivity contribution in [3.05, 3.63) is 71.4 Å². The quantitative estimate of drug-likeness (QED) is 0.310. The highest BCUT2D eigenvalue weighted by molar-refractivity contribution is 5.63. The van der Waals surface area contributed by atoms with Crippen molar-refractivity contribution in [1.82, 2.24) is 9.97 Å². The summed E-state index contributed by atoms with van der Waals surface area (Å²) in [7, 11) is 0. The van der Waals surface area contributed by atoms with Gasteiger partial charge >= 0.3 is 6.18 Å². The molecule has 1 aliphatic carbocycles. The number of nitrogens with zero attached hydrogens (tertiary/aromatic N) is 2. The zero-order chi connectivity index (χ0) is 24.0. The van der Waals surface area contributed by atoms with E-state index in [0.29, 0.717) is 11.6 Å². The number of hydrogen-bond acceptors (Lipinski definition) is 4. The third-order valence-corrected chi connectivity index (χ3v) is 6.35. The number of hydrogen-bond donors (Lipinski definition) is 2. The van der Waals surface area contributed by atoms with Crippen LogP contribution in [-0.4, -0.2) is 9.97 Å². The van der Waals surface area contributed by atoms with E-state index in [-0.39, 0.29) is 11.8 Å².